The number of hydrogen-bond donors (Lipinski definition) is 1. The Balaban J connectivity index is 0. The van der Waals surface area contributed by atoms with Crippen LogP contribution in [0.15, 0.2) is 11.8 Å². The molecular formula is C13H29N. The van der Waals surface area contributed by atoms with Gasteiger partial charge in [-0.1, -0.05) is 46.6 Å². The zero-order chi connectivity index (χ0) is 11.2. The van der Waals surface area contributed by atoms with Gasteiger partial charge in [-0.25, -0.2) is 0 Å². The summed E-state index contributed by atoms with van der Waals surface area (Å²) >= 11 is 0. The second kappa shape index (κ2) is 15.0. The molecule has 1 aliphatic rings. The molecule has 0 aromatic heterocycles. The van der Waals surface area contributed by atoms with Crippen LogP contribution in [0, 0.1) is 0 Å². The van der Waals surface area contributed by atoms with Crippen LogP contribution in [0.25, 0.3) is 0 Å². The lowest BCUT2D eigenvalue weighted by molar-refractivity contribution is 0.667. The fourth-order valence-corrected chi connectivity index (χ4v) is 1.07. The van der Waals surface area contributed by atoms with Crippen LogP contribution in [0.4, 0.5) is 0 Å². The van der Waals surface area contributed by atoms with Crippen LogP contribution in [0.1, 0.15) is 66.2 Å². The molecule has 0 atom stereocenters. The van der Waals surface area contributed by atoms with Crippen molar-refractivity contribution in [3.63, 3.8) is 0 Å². The molecule has 1 aliphatic carbocycles. The molecule has 0 fully saturated rings. The Labute approximate surface area is 91.0 Å². The molecule has 0 unspecified atom stereocenters. The summed E-state index contributed by atoms with van der Waals surface area (Å²) in [6, 6.07) is 0. The minimum Gasteiger partial charge on any atom is -0.392 e. The van der Waals surface area contributed by atoms with Crippen LogP contribution in [0.3, 0.4) is 0 Å². The molecule has 1 rings (SSSR count). The van der Waals surface area contributed by atoms with E-state index in [-0.39, 0.29) is 0 Å². The fraction of sp³-hybridized carbons (Fsp3) is 0.846. The zero-order valence-corrected chi connectivity index (χ0v) is 10.8. The van der Waals surface area contributed by atoms with Crippen LogP contribution < -0.4 is 5.32 Å². The highest BCUT2D eigenvalue weighted by atomic mass is 14.8. The molecule has 1 nitrogen and oxygen atoms in total. The molecule has 0 spiro atoms. The Bertz CT molecular complexity index is 114. The first-order chi connectivity index (χ1) is 6.76. The van der Waals surface area contributed by atoms with Gasteiger partial charge in [0.05, 0.1) is 0 Å². The molecule has 0 aromatic carbocycles. The van der Waals surface area contributed by atoms with Crippen molar-refractivity contribution in [1.29, 1.82) is 0 Å². The predicted octanol–water partition coefficient (Wildman–Crippen LogP) is 4.50. The van der Waals surface area contributed by atoms with Crippen molar-refractivity contribution in [2.75, 3.05) is 7.05 Å². The molecule has 0 bridgehead atoms. The van der Waals surface area contributed by atoms with Gasteiger partial charge in [-0.3, -0.25) is 0 Å². The Kier molecular flexibility index (Phi) is 17.2. The van der Waals surface area contributed by atoms with Crippen LogP contribution in [-0.2, 0) is 0 Å². The molecule has 0 saturated carbocycles. The van der Waals surface area contributed by atoms with Crippen molar-refractivity contribution in [3.8, 4) is 0 Å². The average Bonchev–Trinajstić information content (AvgIpc) is 2.21. The van der Waals surface area contributed by atoms with E-state index >= 15 is 0 Å². The first-order valence-corrected chi connectivity index (χ1v) is 6.13. The lowest BCUT2D eigenvalue weighted by Gasteiger charge is -2.10. The standard InChI is InChI=1S/C7H13N.2C3H8/c1-8-7-5-3-2-4-6-7;2*1-3-2/h5,8H,2-4,6H2,1H3;2*3H2,1-2H3. The summed E-state index contributed by atoms with van der Waals surface area (Å²) in [6.07, 6.45) is 10.1. The Morgan fingerprint density at radius 1 is 1.07 bits per heavy atom. The van der Waals surface area contributed by atoms with Crippen molar-refractivity contribution in [3.05, 3.63) is 11.8 Å². The van der Waals surface area contributed by atoms with Gasteiger partial charge in [0.25, 0.3) is 0 Å². The molecule has 0 aromatic rings. The average molecular weight is 199 g/mol. The Hall–Kier alpha value is -0.460. The second-order valence-electron chi connectivity index (χ2n) is 3.64. The normalized spacial score (nSPS) is 13.9. The molecule has 0 radical (unpaired) electrons. The maximum absolute atomic E-state index is 3.16. The molecule has 1 N–H and O–H groups in total. The van der Waals surface area contributed by atoms with Gasteiger partial charge in [0, 0.05) is 12.7 Å². The van der Waals surface area contributed by atoms with Crippen LogP contribution in [0.2, 0.25) is 0 Å². The lowest BCUT2D eigenvalue weighted by atomic mass is 10.1. The van der Waals surface area contributed by atoms with E-state index in [1.54, 1.807) is 0 Å². The molecule has 0 heterocycles. The van der Waals surface area contributed by atoms with Gasteiger partial charge in [-0.2, -0.15) is 0 Å². The summed E-state index contributed by atoms with van der Waals surface area (Å²) in [6.45, 7) is 8.50. The topological polar surface area (TPSA) is 12.0 Å². The SMILES string of the molecule is CCC.CCC.CNC1=CCCCC1. The van der Waals surface area contributed by atoms with E-state index in [0.717, 1.165) is 0 Å². The maximum atomic E-state index is 3.16. The summed E-state index contributed by atoms with van der Waals surface area (Å²) in [5.74, 6) is 0. The van der Waals surface area contributed by atoms with Crippen LogP contribution in [0.5, 0.6) is 0 Å². The minimum atomic E-state index is 1.25. The number of rotatable bonds is 1. The van der Waals surface area contributed by atoms with Gasteiger partial charge in [0.2, 0.25) is 0 Å². The second-order valence-corrected chi connectivity index (χ2v) is 3.64. The van der Waals surface area contributed by atoms with Gasteiger partial charge in [-0.05, 0) is 25.7 Å². The molecule has 86 valence electrons. The molecule has 1 heteroatoms. The first kappa shape index (κ1) is 16.0. The maximum Gasteiger partial charge on any atom is 0.00635 e. The van der Waals surface area contributed by atoms with E-state index in [0.29, 0.717) is 0 Å². The van der Waals surface area contributed by atoms with Crippen LogP contribution in [-0.4, -0.2) is 7.05 Å². The smallest absolute Gasteiger partial charge is 0.00635 e. The van der Waals surface area contributed by atoms with E-state index in [1.165, 1.54) is 44.2 Å². The largest absolute Gasteiger partial charge is 0.392 e. The third kappa shape index (κ3) is 14.1. The van der Waals surface area contributed by atoms with Crippen molar-refractivity contribution < 1.29 is 0 Å². The van der Waals surface area contributed by atoms with Crippen molar-refractivity contribution >= 4 is 0 Å². The third-order valence-corrected chi connectivity index (χ3v) is 1.61. The monoisotopic (exact) mass is 199 g/mol. The highest BCUT2D eigenvalue weighted by Gasteiger charge is 1.98. The summed E-state index contributed by atoms with van der Waals surface area (Å²) in [7, 11) is 2.00. The summed E-state index contributed by atoms with van der Waals surface area (Å²) in [5, 5.41) is 3.16. The van der Waals surface area contributed by atoms with E-state index in [1.807, 2.05) is 7.05 Å². The van der Waals surface area contributed by atoms with Gasteiger partial charge >= 0.3 is 0 Å². The molecule has 0 aliphatic heterocycles. The van der Waals surface area contributed by atoms with E-state index in [9.17, 15) is 0 Å². The molecule has 0 saturated heterocycles. The Morgan fingerprint density at radius 3 is 1.79 bits per heavy atom. The predicted molar refractivity (Wildman–Crippen MR) is 67.5 cm³/mol. The van der Waals surface area contributed by atoms with Crippen molar-refractivity contribution in [2.24, 2.45) is 0 Å². The summed E-state index contributed by atoms with van der Waals surface area (Å²) in [5.41, 5.74) is 1.43. The highest BCUT2D eigenvalue weighted by molar-refractivity contribution is 5.01. The zero-order valence-electron chi connectivity index (χ0n) is 10.8. The Morgan fingerprint density at radius 2 is 1.57 bits per heavy atom. The molecule has 0 amide bonds. The molecule has 14 heavy (non-hydrogen) atoms. The molecular weight excluding hydrogens is 170 g/mol. The van der Waals surface area contributed by atoms with Gasteiger partial charge in [0.1, 0.15) is 0 Å². The van der Waals surface area contributed by atoms with Crippen LogP contribution >= 0.6 is 0 Å². The quantitative estimate of drug-likeness (QED) is 0.656. The fourth-order valence-electron chi connectivity index (χ4n) is 1.07. The van der Waals surface area contributed by atoms with E-state index < -0.39 is 0 Å². The number of nitrogens with one attached hydrogen (secondary N) is 1. The van der Waals surface area contributed by atoms with E-state index in [2.05, 4.69) is 39.1 Å². The summed E-state index contributed by atoms with van der Waals surface area (Å²) < 4.78 is 0. The first-order valence-electron chi connectivity index (χ1n) is 6.13. The number of hydrogen-bond acceptors (Lipinski definition) is 1. The van der Waals surface area contributed by atoms with Gasteiger partial charge < -0.3 is 5.32 Å². The van der Waals surface area contributed by atoms with Crippen molar-refractivity contribution in [1.82, 2.24) is 5.32 Å². The van der Waals surface area contributed by atoms with Gasteiger partial charge in [0.15, 0.2) is 0 Å². The highest BCUT2D eigenvalue weighted by Crippen LogP contribution is 2.13. The number of allylic oxidation sites excluding steroid dienone is 2. The lowest BCUT2D eigenvalue weighted by Crippen LogP contribution is -2.07. The minimum absolute atomic E-state index is 1.25. The van der Waals surface area contributed by atoms with Crippen molar-refractivity contribution in [2.45, 2.75) is 66.2 Å². The third-order valence-electron chi connectivity index (χ3n) is 1.61. The summed E-state index contributed by atoms with van der Waals surface area (Å²) in [4.78, 5) is 0. The van der Waals surface area contributed by atoms with E-state index in [4.69, 9.17) is 0 Å². The van der Waals surface area contributed by atoms with Gasteiger partial charge in [-0.15, -0.1) is 0 Å².